The van der Waals surface area contributed by atoms with Crippen LogP contribution in [0.25, 0.3) is 0 Å². The fraction of sp³-hybridized carbons (Fsp3) is 0.632. The first kappa shape index (κ1) is 17.1. The summed E-state index contributed by atoms with van der Waals surface area (Å²) < 4.78 is 5.51. The number of ether oxygens (including phenoxy) is 1. The van der Waals surface area contributed by atoms with Crippen LogP contribution in [0.2, 0.25) is 0 Å². The van der Waals surface area contributed by atoms with E-state index in [2.05, 4.69) is 35.5 Å². The van der Waals surface area contributed by atoms with Crippen molar-refractivity contribution in [1.82, 2.24) is 9.80 Å². The van der Waals surface area contributed by atoms with Gasteiger partial charge in [-0.05, 0) is 64.4 Å². The van der Waals surface area contributed by atoms with E-state index in [-0.39, 0.29) is 6.09 Å². The van der Waals surface area contributed by atoms with E-state index in [0.29, 0.717) is 19.1 Å². The minimum absolute atomic E-state index is 0.219. The van der Waals surface area contributed by atoms with Gasteiger partial charge in [0, 0.05) is 31.4 Å². The summed E-state index contributed by atoms with van der Waals surface area (Å²) in [6.45, 7) is 9.30. The largest absolute Gasteiger partial charge is 0.444 e. The topological polar surface area (TPSA) is 44.8 Å². The Balaban J connectivity index is 1.69. The van der Waals surface area contributed by atoms with Gasteiger partial charge in [0.15, 0.2) is 0 Å². The number of likely N-dealkylation sites (tertiary alicyclic amines) is 1. The first-order chi connectivity index (χ1) is 11.3. The molecule has 2 aliphatic heterocycles. The van der Waals surface area contributed by atoms with E-state index in [1.807, 2.05) is 20.8 Å². The van der Waals surface area contributed by atoms with Crippen LogP contribution in [-0.2, 0) is 17.7 Å². The lowest BCUT2D eigenvalue weighted by molar-refractivity contribution is 0.0224. The Hall–Kier alpha value is -1.75. The monoisotopic (exact) mass is 331 g/mol. The van der Waals surface area contributed by atoms with E-state index in [0.717, 1.165) is 19.5 Å². The molecule has 1 amide bonds. The highest BCUT2D eigenvalue weighted by atomic mass is 16.6. The van der Waals surface area contributed by atoms with Crippen LogP contribution in [0, 0.1) is 0 Å². The van der Waals surface area contributed by atoms with Gasteiger partial charge in [0.05, 0.1) is 0 Å². The van der Waals surface area contributed by atoms with Crippen LogP contribution >= 0.6 is 0 Å². The summed E-state index contributed by atoms with van der Waals surface area (Å²) in [5, 5.41) is 3.71. The van der Waals surface area contributed by atoms with Crippen LogP contribution in [-0.4, -0.2) is 54.2 Å². The summed E-state index contributed by atoms with van der Waals surface area (Å²) in [7, 11) is 2.17. The summed E-state index contributed by atoms with van der Waals surface area (Å²) in [6.07, 6.45) is 1.84. The minimum atomic E-state index is -0.449. The van der Waals surface area contributed by atoms with Gasteiger partial charge in [0.25, 0.3) is 0 Å². The lowest BCUT2D eigenvalue weighted by Crippen LogP contribution is -2.40. The highest BCUT2D eigenvalue weighted by molar-refractivity contribution is 5.69. The van der Waals surface area contributed by atoms with Crippen molar-refractivity contribution in [3.05, 3.63) is 29.3 Å². The summed E-state index contributed by atoms with van der Waals surface area (Å²) in [4.78, 5) is 16.5. The van der Waals surface area contributed by atoms with Crippen LogP contribution < -0.4 is 5.32 Å². The molecule has 1 N–H and O–H groups in total. The second-order valence-electron chi connectivity index (χ2n) is 7.99. The summed E-state index contributed by atoms with van der Waals surface area (Å²) in [5.74, 6) is 0. The zero-order valence-electron chi connectivity index (χ0n) is 15.3. The van der Waals surface area contributed by atoms with E-state index >= 15 is 0 Å². The van der Waals surface area contributed by atoms with Crippen molar-refractivity contribution in [2.75, 3.05) is 32.0 Å². The number of fused-ring (bicyclic) bond motifs is 1. The predicted molar refractivity (Wildman–Crippen MR) is 96.3 cm³/mol. The molecule has 0 bridgehead atoms. The van der Waals surface area contributed by atoms with Gasteiger partial charge in [-0.1, -0.05) is 12.1 Å². The predicted octanol–water partition coefficient (Wildman–Crippen LogP) is 3.10. The Bertz CT molecular complexity index is 609. The maximum atomic E-state index is 12.3. The summed E-state index contributed by atoms with van der Waals surface area (Å²) in [6, 6.07) is 6.89. The van der Waals surface area contributed by atoms with Crippen molar-refractivity contribution in [3.8, 4) is 0 Å². The number of nitrogens with one attached hydrogen (secondary N) is 1. The molecule has 2 heterocycles. The molecule has 1 aromatic carbocycles. The number of hydrogen-bond acceptors (Lipinski definition) is 4. The third-order valence-corrected chi connectivity index (χ3v) is 4.67. The second-order valence-corrected chi connectivity index (χ2v) is 7.99. The quantitative estimate of drug-likeness (QED) is 0.904. The van der Waals surface area contributed by atoms with Gasteiger partial charge in [-0.15, -0.1) is 0 Å². The Morgan fingerprint density at radius 2 is 2.08 bits per heavy atom. The first-order valence-electron chi connectivity index (χ1n) is 8.85. The third-order valence-electron chi connectivity index (χ3n) is 4.67. The van der Waals surface area contributed by atoms with Gasteiger partial charge in [-0.2, -0.15) is 0 Å². The van der Waals surface area contributed by atoms with Gasteiger partial charge in [0.1, 0.15) is 5.60 Å². The zero-order chi connectivity index (χ0) is 17.3. The van der Waals surface area contributed by atoms with E-state index in [4.69, 9.17) is 4.74 Å². The Morgan fingerprint density at radius 1 is 1.29 bits per heavy atom. The van der Waals surface area contributed by atoms with E-state index < -0.39 is 5.60 Å². The number of benzene rings is 1. The lowest BCUT2D eigenvalue weighted by atomic mass is 9.97. The number of carbonyl (C=O) groups is 1. The van der Waals surface area contributed by atoms with Crippen molar-refractivity contribution in [2.45, 2.75) is 51.8 Å². The molecule has 0 saturated carbocycles. The average molecular weight is 331 g/mol. The molecule has 0 aromatic heterocycles. The van der Waals surface area contributed by atoms with E-state index in [9.17, 15) is 4.79 Å². The Labute approximate surface area is 145 Å². The normalized spacial score (nSPS) is 21.5. The van der Waals surface area contributed by atoms with Crippen LogP contribution in [0.1, 0.15) is 38.3 Å². The fourth-order valence-electron chi connectivity index (χ4n) is 3.50. The van der Waals surface area contributed by atoms with Gasteiger partial charge < -0.3 is 19.9 Å². The first-order valence-corrected chi connectivity index (χ1v) is 8.85. The van der Waals surface area contributed by atoms with Crippen molar-refractivity contribution >= 4 is 11.8 Å². The third kappa shape index (κ3) is 4.01. The molecule has 5 heteroatoms. The molecular formula is C19H29N3O2. The van der Waals surface area contributed by atoms with Crippen LogP contribution in [0.15, 0.2) is 18.2 Å². The maximum absolute atomic E-state index is 12.3. The highest BCUT2D eigenvalue weighted by Gasteiger charge is 2.27. The van der Waals surface area contributed by atoms with Gasteiger partial charge in [0.2, 0.25) is 0 Å². The zero-order valence-corrected chi connectivity index (χ0v) is 15.3. The van der Waals surface area contributed by atoms with E-state index in [1.54, 1.807) is 4.90 Å². The van der Waals surface area contributed by atoms with Crippen molar-refractivity contribution < 1.29 is 9.53 Å². The Kier molecular flexibility index (Phi) is 4.72. The molecule has 1 atom stereocenters. The van der Waals surface area contributed by atoms with Gasteiger partial charge >= 0.3 is 6.09 Å². The molecule has 132 valence electrons. The summed E-state index contributed by atoms with van der Waals surface area (Å²) in [5.41, 5.74) is 3.36. The summed E-state index contributed by atoms with van der Waals surface area (Å²) >= 11 is 0. The Morgan fingerprint density at radius 3 is 2.75 bits per heavy atom. The van der Waals surface area contributed by atoms with Crippen molar-refractivity contribution in [1.29, 1.82) is 0 Å². The molecule has 5 nitrogen and oxygen atoms in total. The molecule has 2 aliphatic rings. The molecule has 1 saturated heterocycles. The molecule has 0 spiro atoms. The van der Waals surface area contributed by atoms with Crippen molar-refractivity contribution in [3.63, 3.8) is 0 Å². The van der Waals surface area contributed by atoms with Gasteiger partial charge in [-0.3, -0.25) is 0 Å². The number of likely N-dealkylation sites (N-methyl/N-ethyl adjacent to an activating group) is 1. The van der Waals surface area contributed by atoms with Crippen molar-refractivity contribution in [2.24, 2.45) is 0 Å². The number of hydrogen-bond donors (Lipinski definition) is 1. The average Bonchev–Trinajstić information content (AvgIpc) is 2.90. The number of carbonyl (C=O) groups excluding carboxylic acids is 1. The highest BCUT2D eigenvalue weighted by Crippen LogP contribution is 2.28. The fourth-order valence-corrected chi connectivity index (χ4v) is 3.50. The number of nitrogens with zero attached hydrogens (tertiary/aromatic N) is 2. The molecule has 3 rings (SSSR count). The lowest BCUT2D eigenvalue weighted by Gasteiger charge is -2.32. The van der Waals surface area contributed by atoms with E-state index in [1.165, 1.54) is 23.2 Å². The molecule has 1 unspecified atom stereocenters. The molecule has 1 fully saturated rings. The molecule has 0 radical (unpaired) electrons. The molecule has 0 aliphatic carbocycles. The van der Waals surface area contributed by atoms with Crippen LogP contribution in [0.4, 0.5) is 10.5 Å². The number of anilines is 1. The standard InChI is InChI=1S/C19H29N3O2/c1-19(2,3)24-18(23)22-11-9-16-14(12-22)6-5-7-17(16)20-15-8-10-21(4)13-15/h5-7,15,20H,8-13H2,1-4H3. The minimum Gasteiger partial charge on any atom is -0.444 e. The molecule has 1 aromatic rings. The number of rotatable bonds is 2. The van der Waals surface area contributed by atoms with Gasteiger partial charge in [-0.25, -0.2) is 4.79 Å². The molecular weight excluding hydrogens is 302 g/mol. The van der Waals surface area contributed by atoms with Crippen LogP contribution in [0.3, 0.4) is 0 Å². The maximum Gasteiger partial charge on any atom is 0.410 e. The smallest absolute Gasteiger partial charge is 0.410 e. The van der Waals surface area contributed by atoms with Crippen LogP contribution in [0.5, 0.6) is 0 Å². The number of amides is 1. The molecule has 24 heavy (non-hydrogen) atoms. The second kappa shape index (κ2) is 6.63. The SMILES string of the molecule is CN1CCC(Nc2cccc3c2CCN(C(=O)OC(C)(C)C)C3)C1.